The van der Waals surface area contributed by atoms with Crippen molar-refractivity contribution in [2.75, 3.05) is 46.2 Å². The fourth-order valence-electron chi connectivity index (χ4n) is 3.13. The molecule has 0 unspecified atom stereocenters. The molecule has 2 amide bonds. The molecule has 0 aromatic carbocycles. The number of hydrogen-bond donors (Lipinski definition) is 2. The molecule has 2 N–H and O–H groups in total. The third-order valence-corrected chi connectivity index (χ3v) is 5.52. The molecule has 38 heavy (non-hydrogen) atoms. The summed E-state index contributed by atoms with van der Waals surface area (Å²) < 4.78 is 17.8. The van der Waals surface area contributed by atoms with Crippen molar-refractivity contribution >= 4 is 23.4 Å². The Hall–Kier alpha value is -2.62. The lowest BCUT2D eigenvalue weighted by Crippen LogP contribution is -2.60. The van der Waals surface area contributed by atoms with E-state index in [-0.39, 0.29) is 43.2 Å². The molecule has 0 aromatic rings. The highest BCUT2D eigenvalue weighted by Crippen LogP contribution is 2.18. The standard InChI is InChI=1S/C29H48N2O7/c1-7-24(32)15-10-12-18-36-21-29(31-27(35)28(4,5)6,22-37-19-13-11-16-25(33)8-2)23-38-20-14-17-30-26(34)9-3/h7-9H,1-3,10-23H2,4-6H3,(H,30,34)(H,31,35). The highest BCUT2D eigenvalue weighted by molar-refractivity contribution is 5.89. The van der Waals surface area contributed by atoms with Gasteiger partial charge in [0, 0.05) is 44.6 Å². The molecule has 0 aliphatic rings. The SMILES string of the molecule is C=CC(=O)CCCCOCC(COCCCCC(=O)C=C)(COCCCNC(=O)C=C)NC(=O)C(C)(C)C. The van der Waals surface area contributed by atoms with Crippen LogP contribution in [0.5, 0.6) is 0 Å². The highest BCUT2D eigenvalue weighted by atomic mass is 16.5. The van der Waals surface area contributed by atoms with E-state index in [2.05, 4.69) is 30.4 Å². The molecule has 0 fully saturated rings. The van der Waals surface area contributed by atoms with Crippen LogP contribution >= 0.6 is 0 Å². The number of unbranched alkanes of at least 4 members (excludes halogenated alkanes) is 2. The van der Waals surface area contributed by atoms with Crippen LogP contribution in [0.1, 0.15) is 65.7 Å². The van der Waals surface area contributed by atoms with Crippen molar-refractivity contribution in [3.63, 3.8) is 0 Å². The largest absolute Gasteiger partial charge is 0.379 e. The lowest BCUT2D eigenvalue weighted by atomic mass is 9.92. The topological polar surface area (TPSA) is 120 Å². The first-order valence-electron chi connectivity index (χ1n) is 13.3. The summed E-state index contributed by atoms with van der Waals surface area (Å²) in [5.74, 6) is -0.418. The number of ketones is 2. The van der Waals surface area contributed by atoms with Crippen LogP contribution in [0.25, 0.3) is 0 Å². The number of nitrogens with one attached hydrogen (secondary N) is 2. The minimum atomic E-state index is -0.942. The Morgan fingerprint density at radius 2 is 1.13 bits per heavy atom. The monoisotopic (exact) mass is 536 g/mol. The van der Waals surface area contributed by atoms with E-state index < -0.39 is 11.0 Å². The molecule has 0 radical (unpaired) electrons. The molecule has 0 spiro atoms. The van der Waals surface area contributed by atoms with E-state index in [1.165, 1.54) is 18.2 Å². The Balaban J connectivity index is 5.19. The fraction of sp³-hybridized carbons (Fsp3) is 0.655. The number of allylic oxidation sites excluding steroid dienone is 2. The Bertz CT molecular complexity index is 693. The second kappa shape index (κ2) is 20.4. The van der Waals surface area contributed by atoms with Crippen LogP contribution in [-0.4, -0.2) is 75.1 Å². The lowest BCUT2D eigenvalue weighted by molar-refractivity contribution is -0.135. The molecule has 0 aromatic heterocycles. The maximum absolute atomic E-state index is 13.0. The molecule has 0 aliphatic carbocycles. The van der Waals surface area contributed by atoms with E-state index in [0.29, 0.717) is 71.3 Å². The van der Waals surface area contributed by atoms with Gasteiger partial charge in [0.1, 0.15) is 5.54 Å². The molecule has 9 heteroatoms. The van der Waals surface area contributed by atoms with Gasteiger partial charge in [0.25, 0.3) is 0 Å². The summed E-state index contributed by atoms with van der Waals surface area (Å²) in [6, 6.07) is 0. The quantitative estimate of drug-likeness (QED) is 0.143. The summed E-state index contributed by atoms with van der Waals surface area (Å²) in [5.41, 5.74) is -1.58. The van der Waals surface area contributed by atoms with E-state index in [1.807, 2.05) is 20.8 Å². The average Bonchev–Trinajstić information content (AvgIpc) is 2.88. The molecule has 0 saturated carbocycles. The maximum atomic E-state index is 13.0. The van der Waals surface area contributed by atoms with Crippen LogP contribution in [0.3, 0.4) is 0 Å². The van der Waals surface area contributed by atoms with Gasteiger partial charge in [-0.05, 0) is 50.3 Å². The molecule has 9 nitrogen and oxygen atoms in total. The van der Waals surface area contributed by atoms with Gasteiger partial charge in [0.15, 0.2) is 11.6 Å². The normalized spacial score (nSPS) is 11.4. The van der Waals surface area contributed by atoms with Gasteiger partial charge in [-0.25, -0.2) is 0 Å². The second-order valence-electron chi connectivity index (χ2n) is 10.2. The summed E-state index contributed by atoms with van der Waals surface area (Å²) in [6.07, 6.45) is 8.00. The summed E-state index contributed by atoms with van der Waals surface area (Å²) in [6.45, 7) is 17.9. The number of amides is 2. The van der Waals surface area contributed by atoms with Crippen LogP contribution in [0.2, 0.25) is 0 Å². The van der Waals surface area contributed by atoms with Crippen molar-refractivity contribution in [2.45, 2.75) is 71.3 Å². The number of ether oxygens (including phenoxy) is 3. The number of carbonyl (C=O) groups excluding carboxylic acids is 4. The minimum absolute atomic E-state index is 0.00217. The lowest BCUT2D eigenvalue weighted by Gasteiger charge is -2.36. The summed E-state index contributed by atoms with van der Waals surface area (Å²) in [5, 5.41) is 5.79. The van der Waals surface area contributed by atoms with Gasteiger partial charge in [-0.2, -0.15) is 0 Å². The number of carbonyl (C=O) groups is 4. The Morgan fingerprint density at radius 1 is 0.684 bits per heavy atom. The highest BCUT2D eigenvalue weighted by Gasteiger charge is 2.36. The van der Waals surface area contributed by atoms with Gasteiger partial charge < -0.3 is 24.8 Å². The zero-order valence-electron chi connectivity index (χ0n) is 23.6. The van der Waals surface area contributed by atoms with Crippen molar-refractivity contribution in [1.29, 1.82) is 0 Å². The molecular weight excluding hydrogens is 488 g/mol. The predicted molar refractivity (Wildman–Crippen MR) is 149 cm³/mol. The summed E-state index contributed by atoms with van der Waals surface area (Å²) >= 11 is 0. The Kier molecular flexibility index (Phi) is 19.0. The van der Waals surface area contributed by atoms with Crippen LogP contribution in [0.15, 0.2) is 38.0 Å². The van der Waals surface area contributed by atoms with E-state index in [4.69, 9.17) is 14.2 Å². The maximum Gasteiger partial charge on any atom is 0.243 e. The van der Waals surface area contributed by atoms with Crippen molar-refractivity contribution in [2.24, 2.45) is 5.41 Å². The minimum Gasteiger partial charge on any atom is -0.379 e. The van der Waals surface area contributed by atoms with Crippen LogP contribution < -0.4 is 10.6 Å². The molecule has 216 valence electrons. The third kappa shape index (κ3) is 17.8. The molecule has 0 saturated heterocycles. The molecule has 0 rings (SSSR count). The van der Waals surface area contributed by atoms with Gasteiger partial charge in [-0.1, -0.05) is 40.5 Å². The van der Waals surface area contributed by atoms with E-state index in [0.717, 1.165) is 0 Å². The average molecular weight is 537 g/mol. The number of hydrogen-bond acceptors (Lipinski definition) is 7. The van der Waals surface area contributed by atoms with Crippen LogP contribution in [0.4, 0.5) is 0 Å². The van der Waals surface area contributed by atoms with Crippen molar-refractivity contribution < 1.29 is 33.4 Å². The second-order valence-corrected chi connectivity index (χ2v) is 10.2. The zero-order chi connectivity index (χ0) is 28.9. The summed E-state index contributed by atoms with van der Waals surface area (Å²) in [4.78, 5) is 47.1. The first-order valence-corrected chi connectivity index (χ1v) is 13.3. The fourth-order valence-corrected chi connectivity index (χ4v) is 3.13. The summed E-state index contributed by atoms with van der Waals surface area (Å²) in [7, 11) is 0. The smallest absolute Gasteiger partial charge is 0.243 e. The van der Waals surface area contributed by atoms with Gasteiger partial charge >= 0.3 is 0 Å². The Labute approximate surface area is 228 Å². The number of rotatable bonds is 24. The van der Waals surface area contributed by atoms with Crippen LogP contribution in [-0.2, 0) is 33.4 Å². The molecule has 0 heterocycles. The molecule has 0 atom stereocenters. The van der Waals surface area contributed by atoms with Crippen molar-refractivity contribution in [3.8, 4) is 0 Å². The third-order valence-electron chi connectivity index (χ3n) is 5.52. The van der Waals surface area contributed by atoms with E-state index in [9.17, 15) is 19.2 Å². The van der Waals surface area contributed by atoms with E-state index in [1.54, 1.807) is 0 Å². The first kappa shape index (κ1) is 35.4. The molecule has 0 bridgehead atoms. The predicted octanol–water partition coefficient (Wildman–Crippen LogP) is 3.48. The molecule has 0 aliphatic heterocycles. The van der Waals surface area contributed by atoms with E-state index >= 15 is 0 Å². The zero-order valence-corrected chi connectivity index (χ0v) is 23.6. The first-order chi connectivity index (χ1) is 18.0. The van der Waals surface area contributed by atoms with Crippen molar-refractivity contribution in [1.82, 2.24) is 10.6 Å². The van der Waals surface area contributed by atoms with Crippen LogP contribution in [0, 0.1) is 5.41 Å². The van der Waals surface area contributed by atoms with Gasteiger partial charge in [-0.15, -0.1) is 0 Å². The van der Waals surface area contributed by atoms with Gasteiger partial charge in [0.2, 0.25) is 11.8 Å². The van der Waals surface area contributed by atoms with Gasteiger partial charge in [0.05, 0.1) is 19.8 Å². The van der Waals surface area contributed by atoms with Crippen molar-refractivity contribution in [3.05, 3.63) is 38.0 Å². The molecular formula is C29H48N2O7. The Morgan fingerprint density at radius 3 is 1.53 bits per heavy atom. The van der Waals surface area contributed by atoms with Gasteiger partial charge in [-0.3, -0.25) is 19.2 Å².